The zero-order valence-corrected chi connectivity index (χ0v) is 19.5. The molecule has 1 aliphatic rings. The lowest BCUT2D eigenvalue weighted by atomic mass is 10.0. The Morgan fingerprint density at radius 2 is 1.94 bits per heavy atom. The number of carbonyl (C=O) groups is 1. The summed E-state index contributed by atoms with van der Waals surface area (Å²) in [5.41, 5.74) is 4.93. The Hall–Kier alpha value is -3.58. The predicted molar refractivity (Wildman–Crippen MR) is 133 cm³/mol. The molecule has 2 heterocycles. The minimum Gasteiger partial charge on any atom is -0.364 e. The number of halogens is 1. The number of nitrogens with zero attached hydrogens (tertiary/aromatic N) is 2. The number of rotatable bonds is 3. The molecule has 0 saturated carbocycles. The fourth-order valence-corrected chi connectivity index (χ4v) is 3.74. The normalized spacial score (nSPS) is 17.9. The number of hydrogen-bond donors (Lipinski definition) is 3. The maximum atomic E-state index is 12.6. The molecule has 0 saturated heterocycles. The molecule has 1 unspecified atom stereocenters. The van der Waals surface area contributed by atoms with Gasteiger partial charge in [-0.2, -0.15) is 0 Å². The molecule has 33 heavy (non-hydrogen) atoms. The molecular formula is C25H26ClN5O2. The maximum Gasteiger partial charge on any atom is 0.277 e. The van der Waals surface area contributed by atoms with Gasteiger partial charge in [-0.3, -0.25) is 4.79 Å². The molecule has 4 rings (SSSR count). The van der Waals surface area contributed by atoms with Crippen LogP contribution < -0.4 is 16.0 Å². The number of benzene rings is 2. The smallest absolute Gasteiger partial charge is 0.277 e. The van der Waals surface area contributed by atoms with E-state index in [1.807, 2.05) is 44.2 Å². The molecule has 170 valence electrons. The molecule has 1 atom stereocenters. The van der Waals surface area contributed by atoms with Gasteiger partial charge in [0.25, 0.3) is 5.91 Å². The number of anilines is 3. The standard InChI is InChI=1S/C25H26ClN5O2/c1-4-22(26)24-28-16(3)27-19-7-5-6-17(11-19)8-9-18-12-20(29-24)14-21(13-18)30-25(32)23-10-15(2)33-31-23/h4-7,10-14,16,27H,8-9H2,1-3H3,(H,28,29)(H,30,32)/b22-4+. The number of nitrogens with one attached hydrogen (secondary N) is 3. The highest BCUT2D eigenvalue weighted by atomic mass is 35.5. The number of hydrogen-bond acceptors (Lipinski definition) is 6. The molecule has 3 N–H and O–H groups in total. The largest absolute Gasteiger partial charge is 0.364 e. The monoisotopic (exact) mass is 463 g/mol. The van der Waals surface area contributed by atoms with Crippen LogP contribution in [0.4, 0.5) is 17.1 Å². The molecular weight excluding hydrogens is 438 g/mol. The van der Waals surface area contributed by atoms with Crippen molar-refractivity contribution in [2.75, 3.05) is 16.0 Å². The molecule has 0 radical (unpaired) electrons. The quantitative estimate of drug-likeness (QED) is 0.460. The van der Waals surface area contributed by atoms with Crippen LogP contribution in [-0.2, 0) is 12.8 Å². The Balaban J connectivity index is 1.72. The van der Waals surface area contributed by atoms with Crippen LogP contribution in [0.2, 0.25) is 0 Å². The average Bonchev–Trinajstić information content (AvgIpc) is 3.23. The van der Waals surface area contributed by atoms with Crippen LogP contribution in [0.25, 0.3) is 0 Å². The summed E-state index contributed by atoms with van der Waals surface area (Å²) in [5.74, 6) is 0.781. The van der Waals surface area contributed by atoms with Gasteiger partial charge >= 0.3 is 0 Å². The van der Waals surface area contributed by atoms with Gasteiger partial charge in [-0.1, -0.05) is 35.0 Å². The lowest BCUT2D eigenvalue weighted by Crippen LogP contribution is -2.20. The number of carbonyl (C=O) groups excluding carboxylic acids is 1. The van der Waals surface area contributed by atoms with Crippen LogP contribution >= 0.6 is 11.6 Å². The zero-order chi connectivity index (χ0) is 23.4. The summed E-state index contributed by atoms with van der Waals surface area (Å²) in [5, 5.41) is 14.0. The van der Waals surface area contributed by atoms with Gasteiger partial charge in [-0.05, 0) is 75.1 Å². The third-order valence-corrected chi connectivity index (χ3v) is 5.58. The molecule has 0 aliphatic carbocycles. The number of aryl methyl sites for hydroxylation is 3. The second-order valence-corrected chi connectivity index (χ2v) is 8.36. The number of aromatic nitrogens is 1. The minimum atomic E-state index is -0.334. The van der Waals surface area contributed by atoms with Crippen LogP contribution in [0.3, 0.4) is 0 Å². The highest BCUT2D eigenvalue weighted by molar-refractivity contribution is 6.45. The van der Waals surface area contributed by atoms with Gasteiger partial charge in [-0.15, -0.1) is 0 Å². The van der Waals surface area contributed by atoms with E-state index in [-0.39, 0.29) is 17.8 Å². The van der Waals surface area contributed by atoms with Crippen LogP contribution in [0.1, 0.15) is 41.2 Å². The first-order chi connectivity index (χ1) is 15.9. The molecule has 7 nitrogen and oxygen atoms in total. The summed E-state index contributed by atoms with van der Waals surface area (Å²) in [6.07, 6.45) is 3.23. The molecule has 1 aromatic heterocycles. The Kier molecular flexibility index (Phi) is 6.79. The lowest BCUT2D eigenvalue weighted by Gasteiger charge is -2.16. The molecule has 4 bridgehead atoms. The van der Waals surface area contributed by atoms with Crippen molar-refractivity contribution in [1.82, 2.24) is 5.16 Å². The van der Waals surface area contributed by atoms with E-state index in [0.717, 1.165) is 29.8 Å². The molecule has 8 heteroatoms. The molecule has 2 aromatic carbocycles. The van der Waals surface area contributed by atoms with Crippen molar-refractivity contribution in [3.8, 4) is 0 Å². The van der Waals surface area contributed by atoms with Crippen molar-refractivity contribution in [3.63, 3.8) is 0 Å². The van der Waals surface area contributed by atoms with Gasteiger partial charge in [0, 0.05) is 23.1 Å². The number of amides is 1. The Morgan fingerprint density at radius 1 is 1.15 bits per heavy atom. The van der Waals surface area contributed by atoms with Crippen LogP contribution in [0.15, 0.2) is 69.2 Å². The SMILES string of the molecule is C/C=C(Cl)\C1=N/C(C)Nc2cccc(c2)CCc2cc(NC(=O)c3cc(C)on3)cc(c2)N1. The van der Waals surface area contributed by atoms with Gasteiger partial charge in [0.1, 0.15) is 17.8 Å². The van der Waals surface area contributed by atoms with E-state index in [1.165, 1.54) is 5.56 Å². The van der Waals surface area contributed by atoms with Crippen molar-refractivity contribution in [3.05, 3.63) is 82.2 Å². The second kappa shape index (κ2) is 9.92. The second-order valence-electron chi connectivity index (χ2n) is 7.96. The minimum absolute atomic E-state index is 0.213. The molecule has 0 fully saturated rings. The van der Waals surface area contributed by atoms with Crippen molar-refractivity contribution >= 4 is 40.4 Å². The van der Waals surface area contributed by atoms with E-state index < -0.39 is 0 Å². The van der Waals surface area contributed by atoms with Crippen molar-refractivity contribution in [1.29, 1.82) is 0 Å². The molecule has 0 spiro atoms. The first kappa shape index (κ1) is 22.6. The summed E-state index contributed by atoms with van der Waals surface area (Å²) in [6.45, 7) is 5.57. The van der Waals surface area contributed by atoms with Gasteiger partial charge in [0.15, 0.2) is 5.69 Å². The molecule has 1 amide bonds. The first-order valence-electron chi connectivity index (χ1n) is 10.8. The van der Waals surface area contributed by atoms with Gasteiger partial charge < -0.3 is 20.5 Å². The van der Waals surface area contributed by atoms with Gasteiger partial charge in [0.2, 0.25) is 0 Å². The third kappa shape index (κ3) is 5.81. The fourth-order valence-electron chi connectivity index (χ4n) is 3.65. The highest BCUT2D eigenvalue weighted by Crippen LogP contribution is 2.24. The summed E-state index contributed by atoms with van der Waals surface area (Å²) >= 11 is 6.47. The molecule has 3 aromatic rings. The summed E-state index contributed by atoms with van der Waals surface area (Å²) < 4.78 is 5.03. The van der Waals surface area contributed by atoms with E-state index in [4.69, 9.17) is 21.1 Å². The van der Waals surface area contributed by atoms with Crippen molar-refractivity contribution in [2.45, 2.75) is 39.8 Å². The Labute approximate surface area is 197 Å². The van der Waals surface area contributed by atoms with Gasteiger partial charge in [0.05, 0.1) is 5.03 Å². The van der Waals surface area contributed by atoms with E-state index in [2.05, 4.69) is 33.2 Å². The summed E-state index contributed by atoms with van der Waals surface area (Å²) in [4.78, 5) is 17.4. The van der Waals surface area contributed by atoms with Crippen LogP contribution in [0, 0.1) is 6.92 Å². The highest BCUT2D eigenvalue weighted by Gasteiger charge is 2.14. The van der Waals surface area contributed by atoms with E-state index in [0.29, 0.717) is 22.3 Å². The maximum absolute atomic E-state index is 12.6. The van der Waals surface area contributed by atoms with Gasteiger partial charge in [-0.25, -0.2) is 4.99 Å². The number of fused-ring (bicyclic) bond motifs is 4. The Morgan fingerprint density at radius 3 is 2.70 bits per heavy atom. The Bertz CT molecular complexity index is 1230. The lowest BCUT2D eigenvalue weighted by molar-refractivity contribution is 0.101. The topological polar surface area (TPSA) is 91.5 Å². The third-order valence-electron chi connectivity index (χ3n) is 5.18. The summed E-state index contributed by atoms with van der Waals surface area (Å²) in [6, 6.07) is 15.8. The number of allylic oxidation sites excluding steroid dienone is 1. The zero-order valence-electron chi connectivity index (χ0n) is 18.8. The van der Waals surface area contributed by atoms with Crippen molar-refractivity contribution in [2.24, 2.45) is 4.99 Å². The van der Waals surface area contributed by atoms with Crippen LogP contribution in [-0.4, -0.2) is 23.1 Å². The fraction of sp³-hybridized carbons (Fsp3) is 0.240. The first-order valence-corrected chi connectivity index (χ1v) is 11.2. The molecule has 1 aliphatic heterocycles. The van der Waals surface area contributed by atoms with E-state index in [1.54, 1.807) is 19.1 Å². The van der Waals surface area contributed by atoms with E-state index >= 15 is 0 Å². The predicted octanol–water partition coefficient (Wildman–Crippen LogP) is 5.75. The van der Waals surface area contributed by atoms with E-state index in [9.17, 15) is 4.79 Å². The van der Waals surface area contributed by atoms with Crippen LogP contribution in [0.5, 0.6) is 0 Å². The number of aliphatic imine (C=N–C) groups is 1. The number of amidine groups is 1. The van der Waals surface area contributed by atoms with Crippen molar-refractivity contribution < 1.29 is 9.32 Å². The average molecular weight is 464 g/mol. The summed E-state index contributed by atoms with van der Waals surface area (Å²) in [7, 11) is 0.